The normalized spacial score (nSPS) is 18.9. The van der Waals surface area contributed by atoms with Crippen LogP contribution in [0.2, 0.25) is 0 Å². The van der Waals surface area contributed by atoms with Crippen molar-refractivity contribution in [3.05, 3.63) is 45.0 Å². The average molecular weight is 401 g/mol. The number of carbonyl (C=O) groups is 2. The van der Waals surface area contributed by atoms with Crippen LogP contribution in [-0.4, -0.2) is 60.6 Å². The Labute approximate surface area is 168 Å². The summed E-state index contributed by atoms with van der Waals surface area (Å²) in [5, 5.41) is 6.23. The van der Waals surface area contributed by atoms with Crippen LogP contribution >= 0.6 is 11.3 Å². The van der Waals surface area contributed by atoms with E-state index in [1.807, 2.05) is 23.3 Å². The SMILES string of the molecule is Cc1c(C(=O)N2CCN(C)CC2)oc2c1/C(=N/NC(=O)c1cccs1)CCC2. The van der Waals surface area contributed by atoms with Gasteiger partial charge in [-0.15, -0.1) is 11.3 Å². The zero-order chi connectivity index (χ0) is 19.7. The van der Waals surface area contributed by atoms with Crippen molar-refractivity contribution in [2.45, 2.75) is 26.2 Å². The highest BCUT2D eigenvalue weighted by atomic mass is 32.1. The third kappa shape index (κ3) is 3.62. The molecule has 2 aliphatic rings. The van der Waals surface area contributed by atoms with Gasteiger partial charge in [0.05, 0.1) is 10.6 Å². The van der Waals surface area contributed by atoms with Crippen LogP contribution in [0.4, 0.5) is 0 Å². The number of aryl methyl sites for hydroxylation is 1. The predicted octanol–water partition coefficient (Wildman–Crippen LogP) is 2.51. The van der Waals surface area contributed by atoms with Crippen molar-refractivity contribution in [2.75, 3.05) is 33.2 Å². The first-order valence-electron chi connectivity index (χ1n) is 9.55. The maximum Gasteiger partial charge on any atom is 0.289 e. The molecular weight excluding hydrogens is 376 g/mol. The van der Waals surface area contributed by atoms with Gasteiger partial charge in [-0.2, -0.15) is 5.10 Å². The molecule has 148 valence electrons. The number of hydrogen-bond donors (Lipinski definition) is 1. The predicted molar refractivity (Wildman–Crippen MR) is 108 cm³/mol. The molecule has 3 heterocycles. The Kier molecular flexibility index (Phi) is 5.32. The Balaban J connectivity index is 1.56. The molecule has 1 aliphatic carbocycles. The number of thiophene rings is 1. The maximum atomic E-state index is 13.0. The number of rotatable bonds is 3. The lowest BCUT2D eigenvalue weighted by atomic mass is 9.93. The number of hydrazone groups is 1. The molecule has 4 rings (SSSR count). The molecule has 1 saturated heterocycles. The highest BCUT2D eigenvalue weighted by Crippen LogP contribution is 2.30. The summed E-state index contributed by atoms with van der Waals surface area (Å²) in [6.45, 7) is 5.06. The Morgan fingerprint density at radius 1 is 1.21 bits per heavy atom. The number of fused-ring (bicyclic) bond motifs is 1. The number of amides is 2. The van der Waals surface area contributed by atoms with Gasteiger partial charge in [0.15, 0.2) is 5.76 Å². The lowest BCUT2D eigenvalue weighted by Gasteiger charge is -2.31. The molecule has 0 radical (unpaired) electrons. The number of carbonyl (C=O) groups excluding carboxylic acids is 2. The third-order valence-corrected chi connectivity index (χ3v) is 6.22. The van der Waals surface area contributed by atoms with Gasteiger partial charge in [-0.3, -0.25) is 9.59 Å². The number of hydrogen-bond acceptors (Lipinski definition) is 6. The van der Waals surface area contributed by atoms with Crippen LogP contribution < -0.4 is 5.43 Å². The fourth-order valence-electron chi connectivity index (χ4n) is 3.72. The minimum atomic E-state index is -0.218. The van der Waals surface area contributed by atoms with E-state index in [0.29, 0.717) is 23.7 Å². The van der Waals surface area contributed by atoms with Gasteiger partial charge < -0.3 is 14.2 Å². The van der Waals surface area contributed by atoms with Crippen LogP contribution in [0.5, 0.6) is 0 Å². The lowest BCUT2D eigenvalue weighted by molar-refractivity contribution is 0.0629. The van der Waals surface area contributed by atoms with E-state index in [4.69, 9.17) is 4.42 Å². The molecule has 0 saturated carbocycles. The van der Waals surface area contributed by atoms with Crippen molar-refractivity contribution in [1.29, 1.82) is 0 Å². The summed E-state index contributed by atoms with van der Waals surface area (Å²) >= 11 is 1.38. The molecule has 7 nitrogen and oxygen atoms in total. The molecule has 1 aliphatic heterocycles. The van der Waals surface area contributed by atoms with Crippen molar-refractivity contribution in [2.24, 2.45) is 5.10 Å². The Morgan fingerprint density at radius 3 is 2.71 bits per heavy atom. The summed E-state index contributed by atoms with van der Waals surface area (Å²) in [6, 6.07) is 3.60. The molecule has 0 atom stereocenters. The van der Waals surface area contributed by atoms with Gasteiger partial charge in [-0.05, 0) is 38.3 Å². The van der Waals surface area contributed by atoms with Crippen molar-refractivity contribution in [1.82, 2.24) is 15.2 Å². The molecule has 2 amide bonds. The number of furan rings is 1. The smallest absolute Gasteiger partial charge is 0.289 e. The average Bonchev–Trinajstić information content (AvgIpc) is 3.35. The molecule has 28 heavy (non-hydrogen) atoms. The summed E-state index contributed by atoms with van der Waals surface area (Å²) in [5.41, 5.74) is 5.14. The van der Waals surface area contributed by atoms with Gasteiger partial charge in [0.2, 0.25) is 0 Å². The molecule has 8 heteroatoms. The summed E-state index contributed by atoms with van der Waals surface area (Å²) in [5.74, 6) is 0.936. The van der Waals surface area contributed by atoms with E-state index in [0.717, 1.165) is 55.0 Å². The zero-order valence-electron chi connectivity index (χ0n) is 16.2. The second kappa shape index (κ2) is 7.89. The third-order valence-electron chi connectivity index (χ3n) is 5.35. The molecule has 1 fully saturated rings. The Morgan fingerprint density at radius 2 is 2.00 bits per heavy atom. The van der Waals surface area contributed by atoms with Gasteiger partial charge in [-0.25, -0.2) is 5.43 Å². The van der Waals surface area contributed by atoms with Crippen molar-refractivity contribution in [3.63, 3.8) is 0 Å². The summed E-state index contributed by atoms with van der Waals surface area (Å²) in [4.78, 5) is 29.9. The monoisotopic (exact) mass is 400 g/mol. The van der Waals surface area contributed by atoms with Crippen molar-refractivity contribution < 1.29 is 14.0 Å². The number of piperazine rings is 1. The van der Waals surface area contributed by atoms with Gasteiger partial charge in [0.25, 0.3) is 11.8 Å². The standard InChI is InChI=1S/C20H24N4O3S/c1-13-17-14(21-22-19(25)16-7-4-12-28-16)5-3-6-15(17)27-18(13)20(26)24-10-8-23(2)9-11-24/h4,7,12H,3,5-6,8-11H2,1-2H3,(H,22,25)/b21-14+. The number of nitrogens with zero attached hydrogens (tertiary/aromatic N) is 3. The van der Waals surface area contributed by atoms with Crippen LogP contribution in [0.25, 0.3) is 0 Å². The topological polar surface area (TPSA) is 78.2 Å². The second-order valence-corrected chi connectivity index (χ2v) is 8.23. The van der Waals surface area contributed by atoms with E-state index in [9.17, 15) is 9.59 Å². The van der Waals surface area contributed by atoms with E-state index in [-0.39, 0.29) is 11.8 Å². The van der Waals surface area contributed by atoms with E-state index in [1.165, 1.54) is 11.3 Å². The fraction of sp³-hybridized carbons (Fsp3) is 0.450. The second-order valence-electron chi connectivity index (χ2n) is 7.28. The van der Waals surface area contributed by atoms with Crippen LogP contribution in [0.15, 0.2) is 27.0 Å². The Bertz CT molecular complexity index is 908. The molecule has 0 aromatic carbocycles. The molecule has 0 spiro atoms. The summed E-state index contributed by atoms with van der Waals surface area (Å²) in [7, 11) is 2.06. The molecule has 2 aromatic rings. The minimum absolute atomic E-state index is 0.0537. The molecule has 0 bridgehead atoms. The summed E-state index contributed by atoms with van der Waals surface area (Å²) in [6.07, 6.45) is 2.42. The van der Waals surface area contributed by atoms with Gasteiger partial charge in [-0.1, -0.05) is 6.07 Å². The zero-order valence-corrected chi connectivity index (χ0v) is 17.0. The van der Waals surface area contributed by atoms with Crippen LogP contribution in [0.3, 0.4) is 0 Å². The van der Waals surface area contributed by atoms with Crippen LogP contribution in [0.1, 0.15) is 50.0 Å². The largest absolute Gasteiger partial charge is 0.455 e. The fourth-order valence-corrected chi connectivity index (χ4v) is 4.33. The van der Waals surface area contributed by atoms with E-state index >= 15 is 0 Å². The number of nitrogens with one attached hydrogen (secondary N) is 1. The van der Waals surface area contributed by atoms with E-state index in [2.05, 4.69) is 22.5 Å². The first-order chi connectivity index (χ1) is 13.5. The Hall–Kier alpha value is -2.45. The summed E-state index contributed by atoms with van der Waals surface area (Å²) < 4.78 is 5.99. The van der Waals surface area contributed by atoms with Crippen molar-refractivity contribution in [3.8, 4) is 0 Å². The van der Waals surface area contributed by atoms with Gasteiger partial charge >= 0.3 is 0 Å². The van der Waals surface area contributed by atoms with E-state index < -0.39 is 0 Å². The lowest BCUT2D eigenvalue weighted by Crippen LogP contribution is -2.47. The maximum absolute atomic E-state index is 13.0. The highest BCUT2D eigenvalue weighted by molar-refractivity contribution is 7.12. The van der Waals surface area contributed by atoms with E-state index in [1.54, 1.807) is 6.07 Å². The first kappa shape index (κ1) is 18.9. The van der Waals surface area contributed by atoms with Gasteiger partial charge in [0.1, 0.15) is 5.76 Å². The van der Waals surface area contributed by atoms with Crippen LogP contribution in [-0.2, 0) is 6.42 Å². The quantitative estimate of drug-likeness (QED) is 0.803. The number of likely N-dealkylation sites (N-methyl/N-ethyl adjacent to an activating group) is 1. The minimum Gasteiger partial charge on any atom is -0.455 e. The molecule has 2 aromatic heterocycles. The van der Waals surface area contributed by atoms with Crippen molar-refractivity contribution >= 4 is 28.9 Å². The van der Waals surface area contributed by atoms with Gasteiger partial charge in [0, 0.05) is 43.7 Å². The molecule has 0 unspecified atom stereocenters. The highest BCUT2D eigenvalue weighted by Gasteiger charge is 2.31. The molecular formula is C20H24N4O3S. The van der Waals surface area contributed by atoms with Crippen LogP contribution in [0, 0.1) is 6.92 Å². The first-order valence-corrected chi connectivity index (χ1v) is 10.4. The molecule has 1 N–H and O–H groups in total.